The van der Waals surface area contributed by atoms with Gasteiger partial charge in [-0.15, -0.1) is 0 Å². The number of aryl methyl sites for hydroxylation is 1. The first-order valence-corrected chi connectivity index (χ1v) is 8.72. The average Bonchev–Trinajstić information content (AvgIpc) is 3.00. The van der Waals surface area contributed by atoms with Crippen molar-refractivity contribution in [2.75, 3.05) is 0 Å². The van der Waals surface area contributed by atoms with E-state index in [2.05, 4.69) is 5.10 Å². The zero-order valence-electron chi connectivity index (χ0n) is 14.4. The zero-order chi connectivity index (χ0) is 20.5. The van der Waals surface area contributed by atoms with Gasteiger partial charge in [-0.1, -0.05) is 41.9 Å². The molecule has 0 radical (unpaired) electrons. The van der Waals surface area contributed by atoms with Crippen LogP contribution in [0.5, 0.6) is 5.75 Å². The summed E-state index contributed by atoms with van der Waals surface area (Å²) in [6.45, 7) is 0. The summed E-state index contributed by atoms with van der Waals surface area (Å²) in [5.74, 6) is -1.07. The van der Waals surface area contributed by atoms with E-state index < -0.39 is 24.2 Å². The molecule has 2 aromatic rings. The van der Waals surface area contributed by atoms with E-state index in [0.717, 1.165) is 0 Å². The number of nitrogens with zero attached hydrogens (tertiary/aromatic N) is 2. The second-order valence-electron chi connectivity index (χ2n) is 6.38. The highest BCUT2D eigenvalue weighted by Crippen LogP contribution is 2.41. The predicted octanol–water partition coefficient (Wildman–Crippen LogP) is 3.87. The Morgan fingerprint density at radius 2 is 1.82 bits per heavy atom. The van der Waals surface area contributed by atoms with Gasteiger partial charge in [0, 0.05) is 11.4 Å². The van der Waals surface area contributed by atoms with E-state index in [1.165, 1.54) is 30.3 Å². The second-order valence-corrected chi connectivity index (χ2v) is 6.82. The maximum atomic E-state index is 13.6. The van der Waals surface area contributed by atoms with Crippen molar-refractivity contribution in [3.8, 4) is 5.75 Å². The minimum atomic E-state index is -5.10. The van der Waals surface area contributed by atoms with Gasteiger partial charge >= 0.3 is 6.18 Å². The highest BCUT2D eigenvalue weighted by molar-refractivity contribution is 6.30. The molecule has 0 spiro atoms. The summed E-state index contributed by atoms with van der Waals surface area (Å²) in [4.78, 5) is 12.5. The van der Waals surface area contributed by atoms with Gasteiger partial charge in [-0.05, 0) is 35.7 Å². The number of benzene rings is 2. The molecular weight excluding hydrogens is 397 g/mol. The lowest BCUT2D eigenvalue weighted by Crippen LogP contribution is -2.56. The third-order valence-corrected chi connectivity index (χ3v) is 4.70. The Kier molecular flexibility index (Phi) is 5.36. The smallest absolute Gasteiger partial charge is 0.438 e. The molecule has 0 aliphatic carbocycles. The minimum Gasteiger partial charge on any atom is -0.508 e. The van der Waals surface area contributed by atoms with Crippen LogP contribution < -0.4 is 0 Å². The molecule has 1 heterocycles. The predicted molar refractivity (Wildman–Crippen MR) is 96.9 cm³/mol. The summed E-state index contributed by atoms with van der Waals surface area (Å²) >= 11 is 5.78. The van der Waals surface area contributed by atoms with E-state index in [0.29, 0.717) is 16.1 Å². The number of hydrazone groups is 1. The lowest BCUT2D eigenvalue weighted by Gasteiger charge is -2.32. The highest BCUT2D eigenvalue weighted by atomic mass is 35.5. The maximum Gasteiger partial charge on any atom is 0.438 e. The maximum absolute atomic E-state index is 13.6. The van der Waals surface area contributed by atoms with E-state index in [1.54, 1.807) is 18.2 Å². The summed E-state index contributed by atoms with van der Waals surface area (Å²) in [6, 6.07) is 12.1. The Morgan fingerprint density at radius 1 is 1.18 bits per heavy atom. The fourth-order valence-electron chi connectivity index (χ4n) is 2.90. The van der Waals surface area contributed by atoms with Gasteiger partial charge in [-0.2, -0.15) is 23.3 Å². The first kappa shape index (κ1) is 20.2. The molecule has 28 heavy (non-hydrogen) atoms. The van der Waals surface area contributed by atoms with E-state index in [4.69, 9.17) is 11.6 Å². The van der Waals surface area contributed by atoms with Gasteiger partial charge in [0.1, 0.15) is 5.75 Å². The number of carbonyl (C=O) groups excluding carboxylic acids is 1. The fraction of sp³-hybridized carbons (Fsp3) is 0.263. The van der Waals surface area contributed by atoms with Gasteiger partial charge in [0.2, 0.25) is 5.91 Å². The molecule has 1 aliphatic heterocycles. The minimum absolute atomic E-state index is 0.00173. The number of phenols is 1. The summed E-state index contributed by atoms with van der Waals surface area (Å²) in [5, 5.41) is 24.3. The van der Waals surface area contributed by atoms with Crippen molar-refractivity contribution >= 4 is 23.2 Å². The number of aliphatic hydroxyl groups is 1. The van der Waals surface area contributed by atoms with Crippen LogP contribution in [-0.2, 0) is 11.2 Å². The average molecular weight is 413 g/mol. The molecule has 1 aliphatic rings. The Bertz CT molecular complexity index is 915. The molecule has 0 saturated carbocycles. The third-order valence-electron chi connectivity index (χ3n) is 4.45. The summed E-state index contributed by atoms with van der Waals surface area (Å²) < 4.78 is 40.7. The van der Waals surface area contributed by atoms with Crippen molar-refractivity contribution in [2.45, 2.75) is 31.2 Å². The Labute approximate surface area is 163 Å². The van der Waals surface area contributed by atoms with Gasteiger partial charge in [-0.3, -0.25) is 4.79 Å². The van der Waals surface area contributed by atoms with Gasteiger partial charge in [0.05, 0.1) is 12.1 Å². The van der Waals surface area contributed by atoms with Gasteiger partial charge in [-0.25, -0.2) is 0 Å². The summed E-state index contributed by atoms with van der Waals surface area (Å²) in [5.41, 5.74) is -2.78. The molecule has 0 bridgehead atoms. The molecule has 1 unspecified atom stereocenters. The number of hydrogen-bond donors (Lipinski definition) is 2. The third kappa shape index (κ3) is 3.83. The molecule has 5 nitrogen and oxygen atoms in total. The lowest BCUT2D eigenvalue weighted by molar-refractivity contribution is -0.302. The Hall–Kier alpha value is -2.58. The lowest BCUT2D eigenvalue weighted by atomic mass is 10.0. The van der Waals surface area contributed by atoms with Gasteiger partial charge in [0.15, 0.2) is 0 Å². The van der Waals surface area contributed by atoms with Crippen molar-refractivity contribution in [3.05, 3.63) is 64.7 Å². The normalized spacial score (nSPS) is 19.6. The van der Waals surface area contributed by atoms with E-state index in [1.807, 2.05) is 0 Å². The molecule has 0 fully saturated rings. The molecule has 148 valence electrons. The van der Waals surface area contributed by atoms with Crippen LogP contribution >= 0.6 is 11.6 Å². The van der Waals surface area contributed by atoms with Crippen LogP contribution in [0, 0.1) is 0 Å². The van der Waals surface area contributed by atoms with E-state index >= 15 is 0 Å². The van der Waals surface area contributed by atoms with Crippen LogP contribution in [0.1, 0.15) is 24.0 Å². The van der Waals surface area contributed by atoms with Crippen molar-refractivity contribution in [1.82, 2.24) is 5.01 Å². The molecule has 9 heteroatoms. The second kappa shape index (κ2) is 7.44. The molecule has 1 amide bonds. The van der Waals surface area contributed by atoms with Crippen LogP contribution in [0.25, 0.3) is 0 Å². The van der Waals surface area contributed by atoms with Crippen LogP contribution in [0.2, 0.25) is 5.02 Å². The van der Waals surface area contributed by atoms with Crippen LogP contribution in [-0.4, -0.2) is 38.7 Å². The number of carbonyl (C=O) groups is 1. The summed E-state index contributed by atoms with van der Waals surface area (Å²) in [6.07, 6.45) is -6.36. The first-order valence-electron chi connectivity index (χ1n) is 8.34. The SMILES string of the molecule is O=C(CCc1ccccc1O)N1N=C(c2ccc(Cl)cc2)CC1(O)C(F)(F)F. The molecule has 3 rings (SSSR count). The number of amides is 1. The molecule has 0 saturated heterocycles. The number of phenolic OH excluding ortho intramolecular Hbond substituents is 1. The Balaban J connectivity index is 1.86. The van der Waals surface area contributed by atoms with Crippen molar-refractivity contribution in [2.24, 2.45) is 5.10 Å². The zero-order valence-corrected chi connectivity index (χ0v) is 15.2. The number of para-hydroxylation sites is 1. The van der Waals surface area contributed by atoms with Crippen molar-refractivity contribution in [3.63, 3.8) is 0 Å². The topological polar surface area (TPSA) is 73.1 Å². The van der Waals surface area contributed by atoms with Crippen LogP contribution in [0.4, 0.5) is 13.2 Å². The van der Waals surface area contributed by atoms with E-state index in [-0.39, 0.29) is 29.3 Å². The molecule has 1 atom stereocenters. The number of aromatic hydroxyl groups is 1. The number of hydrogen-bond acceptors (Lipinski definition) is 4. The molecule has 0 aromatic heterocycles. The Morgan fingerprint density at radius 3 is 2.43 bits per heavy atom. The van der Waals surface area contributed by atoms with E-state index in [9.17, 15) is 28.2 Å². The largest absolute Gasteiger partial charge is 0.508 e. The van der Waals surface area contributed by atoms with Gasteiger partial charge < -0.3 is 10.2 Å². The number of rotatable bonds is 4. The monoisotopic (exact) mass is 412 g/mol. The van der Waals surface area contributed by atoms with Crippen molar-refractivity contribution in [1.29, 1.82) is 0 Å². The molecule has 2 aromatic carbocycles. The van der Waals surface area contributed by atoms with Crippen LogP contribution in [0.15, 0.2) is 53.6 Å². The quantitative estimate of drug-likeness (QED) is 0.800. The van der Waals surface area contributed by atoms with Crippen molar-refractivity contribution < 1.29 is 28.2 Å². The molecular formula is C19H16ClF3N2O3. The number of alkyl halides is 3. The number of halogens is 4. The molecule has 2 N–H and O–H groups in total. The first-order chi connectivity index (χ1) is 13.1. The van der Waals surface area contributed by atoms with Crippen LogP contribution in [0.3, 0.4) is 0 Å². The fourth-order valence-corrected chi connectivity index (χ4v) is 3.03. The standard InChI is InChI=1S/C19H16ClF3N2O3/c20-14-8-5-12(6-9-14)15-11-18(28,19(21,22)23)25(24-15)17(27)10-7-13-3-1-2-4-16(13)26/h1-6,8-9,26,28H,7,10-11H2. The van der Waals surface area contributed by atoms with Gasteiger partial charge in [0.25, 0.3) is 5.72 Å². The summed E-state index contributed by atoms with van der Waals surface area (Å²) in [7, 11) is 0. The highest BCUT2D eigenvalue weighted by Gasteiger charge is 2.63.